The van der Waals surface area contributed by atoms with E-state index in [2.05, 4.69) is 17.1 Å². The molecule has 6 rings (SSSR count). The minimum Gasteiger partial charge on any atom is -0.432 e. The van der Waals surface area contributed by atoms with E-state index < -0.39 is 0 Å². The Hall–Kier alpha value is -4.62. The second-order valence-electron chi connectivity index (χ2n) is 10.4. The van der Waals surface area contributed by atoms with Crippen molar-refractivity contribution in [3.05, 3.63) is 109 Å². The van der Waals surface area contributed by atoms with E-state index in [9.17, 15) is 4.79 Å². The van der Waals surface area contributed by atoms with Gasteiger partial charge in [-0.1, -0.05) is 67.6 Å². The average molecular weight is 559 g/mol. The van der Waals surface area contributed by atoms with Crippen molar-refractivity contribution >= 4 is 40.0 Å². The van der Waals surface area contributed by atoms with Crippen molar-refractivity contribution in [3.8, 4) is 28.3 Å². The third-order valence-electron chi connectivity index (χ3n) is 7.38. The first-order chi connectivity index (χ1) is 20.0. The van der Waals surface area contributed by atoms with Crippen LogP contribution in [0.25, 0.3) is 33.5 Å². The third kappa shape index (κ3) is 6.10. The molecule has 1 amide bonds. The quantitative estimate of drug-likeness (QED) is 0.224. The van der Waals surface area contributed by atoms with Crippen LogP contribution in [-0.4, -0.2) is 39.0 Å². The second-order valence-corrected chi connectivity index (χ2v) is 10.7. The van der Waals surface area contributed by atoms with E-state index in [0.29, 0.717) is 27.7 Å². The summed E-state index contributed by atoms with van der Waals surface area (Å²) in [6, 6.07) is 32.7. The van der Waals surface area contributed by atoms with Gasteiger partial charge in [-0.05, 0) is 73.4 Å². The molecule has 0 radical (unpaired) electrons. The minimum absolute atomic E-state index is 0.222. The summed E-state index contributed by atoms with van der Waals surface area (Å²) in [7, 11) is 0. The van der Waals surface area contributed by atoms with Crippen LogP contribution in [0.15, 0.2) is 103 Å². The van der Waals surface area contributed by atoms with Gasteiger partial charge in [-0.25, -0.2) is 9.97 Å². The summed E-state index contributed by atoms with van der Waals surface area (Å²) in [5.74, 6) is 1.12. The van der Waals surface area contributed by atoms with E-state index in [-0.39, 0.29) is 5.91 Å². The maximum Gasteiger partial charge on any atom is 0.264 e. The van der Waals surface area contributed by atoms with Gasteiger partial charge in [0.15, 0.2) is 0 Å². The first-order valence-corrected chi connectivity index (χ1v) is 14.2. The third-order valence-corrected chi connectivity index (χ3v) is 7.72. The van der Waals surface area contributed by atoms with E-state index in [1.54, 1.807) is 24.3 Å². The van der Waals surface area contributed by atoms with Crippen LogP contribution in [0.5, 0.6) is 5.75 Å². The average Bonchev–Trinajstić information content (AvgIpc) is 3.02. The number of anilines is 1. The second kappa shape index (κ2) is 11.9. The van der Waals surface area contributed by atoms with Gasteiger partial charge in [-0.3, -0.25) is 4.79 Å². The molecule has 41 heavy (non-hydrogen) atoms. The molecule has 1 aliphatic rings. The van der Waals surface area contributed by atoms with Gasteiger partial charge in [0.1, 0.15) is 5.75 Å². The number of nitrogens with zero attached hydrogens (tertiary/aromatic N) is 3. The Kier molecular flexibility index (Phi) is 7.69. The normalized spacial score (nSPS) is 13.6. The molecule has 0 atom stereocenters. The number of piperidine rings is 1. The summed E-state index contributed by atoms with van der Waals surface area (Å²) in [6.07, 6.45) is 2.23. The molecule has 5 aromatic rings. The van der Waals surface area contributed by atoms with Crippen LogP contribution in [0.2, 0.25) is 0 Å². The number of hydrogen-bond donors (Lipinski definition) is 1. The molecule has 1 N–H and O–H groups in total. The summed E-state index contributed by atoms with van der Waals surface area (Å²) in [6.45, 7) is 4.09. The molecule has 0 spiro atoms. The van der Waals surface area contributed by atoms with E-state index in [4.69, 9.17) is 26.9 Å². The van der Waals surface area contributed by atoms with Crippen molar-refractivity contribution in [2.24, 2.45) is 5.92 Å². The van der Waals surface area contributed by atoms with Gasteiger partial charge in [-0.15, -0.1) is 0 Å². The Morgan fingerprint density at radius 2 is 1.39 bits per heavy atom. The zero-order valence-electron chi connectivity index (χ0n) is 22.8. The van der Waals surface area contributed by atoms with Crippen molar-refractivity contribution in [2.45, 2.75) is 19.8 Å². The van der Waals surface area contributed by atoms with Crippen LogP contribution >= 0.6 is 12.2 Å². The number of rotatable bonds is 5. The van der Waals surface area contributed by atoms with Gasteiger partial charge in [0.2, 0.25) is 0 Å². The van der Waals surface area contributed by atoms with Gasteiger partial charge >= 0.3 is 0 Å². The van der Waals surface area contributed by atoms with Crippen LogP contribution in [0.4, 0.5) is 5.69 Å². The number of benzene rings is 4. The number of thiocarbonyl (C=S) groups is 1. The molecule has 2 heterocycles. The Morgan fingerprint density at radius 3 is 2.00 bits per heavy atom. The fourth-order valence-electron chi connectivity index (χ4n) is 4.96. The largest absolute Gasteiger partial charge is 0.432 e. The molecule has 204 valence electrons. The molecule has 1 fully saturated rings. The number of likely N-dealkylation sites (tertiary alicyclic amines) is 1. The van der Waals surface area contributed by atoms with Gasteiger partial charge < -0.3 is 15.0 Å². The Labute approximate surface area is 245 Å². The predicted molar refractivity (Wildman–Crippen MR) is 168 cm³/mol. The van der Waals surface area contributed by atoms with Crippen molar-refractivity contribution in [1.29, 1.82) is 0 Å². The standard InChI is InChI=1S/C34H30N4O2S/c1-23-18-20-38(21-19-23)34(41)40-28-15-12-26(13-16-28)33(39)35-27-14-17-29-30(22-27)37-32(25-10-6-3-7-11-25)31(36-29)24-8-4-2-5-9-24/h2-17,22-23H,18-21H2,1H3,(H,35,39). The molecular formula is C34H30N4O2S. The minimum atomic E-state index is -0.222. The highest BCUT2D eigenvalue weighted by molar-refractivity contribution is 7.80. The molecule has 6 nitrogen and oxygen atoms in total. The van der Waals surface area contributed by atoms with E-state index in [1.807, 2.05) is 78.9 Å². The number of nitrogens with one attached hydrogen (secondary N) is 1. The summed E-state index contributed by atoms with van der Waals surface area (Å²) in [4.78, 5) is 25.1. The molecule has 1 aromatic heterocycles. The zero-order valence-corrected chi connectivity index (χ0v) is 23.6. The Morgan fingerprint density at radius 1 is 0.805 bits per heavy atom. The summed E-state index contributed by atoms with van der Waals surface area (Å²) < 4.78 is 5.89. The first kappa shape index (κ1) is 26.6. The van der Waals surface area contributed by atoms with Crippen molar-refractivity contribution in [2.75, 3.05) is 18.4 Å². The lowest BCUT2D eigenvalue weighted by atomic mass is 10.00. The molecular weight excluding hydrogens is 528 g/mol. The molecule has 0 saturated carbocycles. The van der Waals surface area contributed by atoms with E-state index in [0.717, 1.165) is 59.9 Å². The first-order valence-electron chi connectivity index (χ1n) is 13.8. The molecule has 0 unspecified atom stereocenters. The summed E-state index contributed by atoms with van der Waals surface area (Å²) >= 11 is 5.49. The highest BCUT2D eigenvalue weighted by Crippen LogP contribution is 2.31. The fourth-order valence-corrected chi connectivity index (χ4v) is 5.24. The Balaban J connectivity index is 1.20. The lowest BCUT2D eigenvalue weighted by Crippen LogP contribution is -2.39. The number of carbonyl (C=O) groups excluding carboxylic acids is 1. The smallest absolute Gasteiger partial charge is 0.264 e. The highest BCUT2D eigenvalue weighted by atomic mass is 32.1. The molecule has 0 bridgehead atoms. The SMILES string of the molecule is CC1CCN(C(=S)Oc2ccc(C(=O)Nc3ccc4nc(-c5ccccc5)c(-c5ccccc5)nc4c3)cc2)CC1. The van der Waals surface area contributed by atoms with Crippen LogP contribution < -0.4 is 10.1 Å². The van der Waals surface area contributed by atoms with Gasteiger partial charge in [0.25, 0.3) is 11.1 Å². The highest BCUT2D eigenvalue weighted by Gasteiger charge is 2.19. The number of hydrogen-bond acceptors (Lipinski definition) is 5. The number of ether oxygens (including phenoxy) is 1. The predicted octanol–water partition coefficient (Wildman–Crippen LogP) is 7.61. The van der Waals surface area contributed by atoms with Crippen LogP contribution in [-0.2, 0) is 0 Å². The lowest BCUT2D eigenvalue weighted by Gasteiger charge is -2.31. The molecule has 1 aliphatic heterocycles. The van der Waals surface area contributed by atoms with Gasteiger partial charge in [-0.2, -0.15) is 0 Å². The van der Waals surface area contributed by atoms with Crippen molar-refractivity contribution in [3.63, 3.8) is 0 Å². The monoisotopic (exact) mass is 558 g/mol. The zero-order chi connectivity index (χ0) is 28.2. The number of aromatic nitrogens is 2. The molecule has 4 aromatic carbocycles. The maximum atomic E-state index is 13.1. The number of amides is 1. The van der Waals surface area contributed by atoms with Crippen LogP contribution in [0, 0.1) is 5.92 Å². The van der Waals surface area contributed by atoms with Gasteiger partial charge in [0, 0.05) is 35.5 Å². The number of carbonyl (C=O) groups is 1. The molecule has 0 aliphatic carbocycles. The topological polar surface area (TPSA) is 67.3 Å². The summed E-state index contributed by atoms with van der Waals surface area (Å²) in [5, 5.41) is 3.47. The van der Waals surface area contributed by atoms with Crippen LogP contribution in [0.3, 0.4) is 0 Å². The van der Waals surface area contributed by atoms with E-state index in [1.165, 1.54) is 0 Å². The molecule has 1 saturated heterocycles. The van der Waals surface area contributed by atoms with Crippen molar-refractivity contribution < 1.29 is 9.53 Å². The van der Waals surface area contributed by atoms with Gasteiger partial charge in [0.05, 0.1) is 22.4 Å². The Bertz CT molecular complexity index is 1680. The summed E-state index contributed by atoms with van der Waals surface area (Å²) in [5.41, 5.74) is 6.20. The van der Waals surface area contributed by atoms with Crippen LogP contribution in [0.1, 0.15) is 30.1 Å². The fraction of sp³-hybridized carbons (Fsp3) is 0.176. The van der Waals surface area contributed by atoms with E-state index >= 15 is 0 Å². The number of fused-ring (bicyclic) bond motifs is 1. The maximum absolute atomic E-state index is 13.1. The molecule has 7 heteroatoms. The lowest BCUT2D eigenvalue weighted by molar-refractivity contribution is 0.102. The van der Waals surface area contributed by atoms with Crippen molar-refractivity contribution in [1.82, 2.24) is 14.9 Å².